The van der Waals surface area contributed by atoms with Crippen molar-refractivity contribution >= 4 is 5.69 Å². The van der Waals surface area contributed by atoms with Crippen LogP contribution in [0.5, 0.6) is 0 Å². The van der Waals surface area contributed by atoms with E-state index in [2.05, 4.69) is 0 Å². The van der Waals surface area contributed by atoms with Crippen LogP contribution in [0.1, 0.15) is 5.56 Å². The van der Waals surface area contributed by atoms with Crippen molar-refractivity contribution in [3.05, 3.63) is 63.7 Å². The molecule has 0 aromatic heterocycles. The zero-order chi connectivity index (χ0) is 14.0. The van der Waals surface area contributed by atoms with Crippen LogP contribution in [-0.2, 0) is 0 Å². The van der Waals surface area contributed by atoms with Gasteiger partial charge in [-0.1, -0.05) is 6.07 Å². The van der Waals surface area contributed by atoms with Crippen LogP contribution >= 0.6 is 0 Å². The summed E-state index contributed by atoms with van der Waals surface area (Å²) in [5, 5.41) is 19.6. The largest absolute Gasteiger partial charge is 0.270 e. The maximum Gasteiger partial charge on any atom is 0.270 e. The molecule has 2 aromatic carbocycles. The SMILES string of the molecule is N#Cc1cc(F)ccc1-c1cc([N+](=O)[O-])ccc1F. The molecule has 0 heterocycles. The fraction of sp³-hybridized carbons (Fsp3) is 0. The molecule has 0 aliphatic rings. The summed E-state index contributed by atoms with van der Waals surface area (Å²) in [5.74, 6) is -1.35. The highest BCUT2D eigenvalue weighted by atomic mass is 19.1. The summed E-state index contributed by atoms with van der Waals surface area (Å²) in [5.41, 5.74) is -0.375. The maximum atomic E-state index is 13.7. The molecule has 0 aliphatic carbocycles. The fourth-order valence-corrected chi connectivity index (χ4v) is 1.68. The number of benzene rings is 2. The summed E-state index contributed by atoms with van der Waals surface area (Å²) < 4.78 is 26.7. The number of rotatable bonds is 2. The minimum absolute atomic E-state index is 0.0839. The Balaban J connectivity index is 2.68. The number of nitro benzene ring substituents is 1. The van der Waals surface area contributed by atoms with Gasteiger partial charge in [-0.25, -0.2) is 8.78 Å². The summed E-state index contributed by atoms with van der Waals surface area (Å²) in [7, 11) is 0. The van der Waals surface area contributed by atoms with E-state index < -0.39 is 16.6 Å². The minimum atomic E-state index is -0.714. The van der Waals surface area contributed by atoms with E-state index in [1.54, 1.807) is 6.07 Å². The molecular weight excluding hydrogens is 254 g/mol. The van der Waals surface area contributed by atoms with Gasteiger partial charge < -0.3 is 0 Å². The Morgan fingerprint density at radius 1 is 1.11 bits per heavy atom. The first-order chi connectivity index (χ1) is 9.02. The second kappa shape index (κ2) is 4.82. The van der Waals surface area contributed by atoms with Crippen LogP contribution in [0.3, 0.4) is 0 Å². The number of nitrogens with zero attached hydrogens (tertiary/aromatic N) is 2. The van der Waals surface area contributed by atoms with Crippen LogP contribution in [0.4, 0.5) is 14.5 Å². The number of non-ortho nitro benzene ring substituents is 1. The van der Waals surface area contributed by atoms with Crippen LogP contribution in [0.15, 0.2) is 36.4 Å². The van der Waals surface area contributed by atoms with Gasteiger partial charge in [-0.15, -0.1) is 0 Å². The van der Waals surface area contributed by atoms with E-state index in [0.29, 0.717) is 0 Å². The molecule has 4 nitrogen and oxygen atoms in total. The predicted octanol–water partition coefficient (Wildman–Crippen LogP) is 3.41. The molecular formula is C13H6F2N2O2. The number of hydrogen-bond acceptors (Lipinski definition) is 3. The first kappa shape index (κ1) is 12.6. The molecule has 0 amide bonds. The number of hydrogen-bond donors (Lipinski definition) is 0. The van der Waals surface area contributed by atoms with Crippen molar-refractivity contribution in [3.63, 3.8) is 0 Å². The molecule has 0 N–H and O–H groups in total. The third-order valence-electron chi connectivity index (χ3n) is 2.55. The number of nitriles is 1. The lowest BCUT2D eigenvalue weighted by atomic mass is 9.99. The van der Waals surface area contributed by atoms with Crippen molar-refractivity contribution in [2.45, 2.75) is 0 Å². The van der Waals surface area contributed by atoms with E-state index in [-0.39, 0.29) is 22.4 Å². The minimum Gasteiger partial charge on any atom is -0.258 e. The smallest absolute Gasteiger partial charge is 0.258 e. The third-order valence-corrected chi connectivity index (χ3v) is 2.55. The molecule has 2 aromatic rings. The van der Waals surface area contributed by atoms with Gasteiger partial charge >= 0.3 is 0 Å². The molecule has 0 fully saturated rings. The summed E-state index contributed by atoms with van der Waals surface area (Å²) in [6, 6.07) is 7.95. The van der Waals surface area contributed by atoms with Gasteiger partial charge in [0.2, 0.25) is 0 Å². The van der Waals surface area contributed by atoms with E-state index >= 15 is 0 Å². The highest BCUT2D eigenvalue weighted by Crippen LogP contribution is 2.29. The van der Waals surface area contributed by atoms with Crippen molar-refractivity contribution < 1.29 is 13.7 Å². The first-order valence-electron chi connectivity index (χ1n) is 5.17. The Morgan fingerprint density at radius 2 is 1.84 bits per heavy atom. The molecule has 0 bridgehead atoms. The van der Waals surface area contributed by atoms with Gasteiger partial charge in [0.15, 0.2) is 0 Å². The Morgan fingerprint density at radius 3 is 2.47 bits per heavy atom. The Kier molecular flexibility index (Phi) is 3.21. The zero-order valence-electron chi connectivity index (χ0n) is 9.43. The van der Waals surface area contributed by atoms with Crippen LogP contribution in [-0.4, -0.2) is 4.92 Å². The summed E-state index contributed by atoms with van der Waals surface area (Å²) in [4.78, 5) is 9.99. The predicted molar refractivity (Wildman–Crippen MR) is 63.2 cm³/mol. The lowest BCUT2D eigenvalue weighted by Crippen LogP contribution is -1.93. The number of halogens is 2. The van der Waals surface area contributed by atoms with Crippen molar-refractivity contribution in [2.24, 2.45) is 0 Å². The summed E-state index contributed by atoms with van der Waals surface area (Å²) >= 11 is 0. The molecule has 0 saturated heterocycles. The average molecular weight is 260 g/mol. The van der Waals surface area contributed by atoms with Gasteiger partial charge in [0, 0.05) is 23.3 Å². The quantitative estimate of drug-likeness (QED) is 0.613. The second-order valence-corrected chi connectivity index (χ2v) is 3.72. The third kappa shape index (κ3) is 2.40. The lowest BCUT2D eigenvalue weighted by Gasteiger charge is -2.05. The van der Waals surface area contributed by atoms with Gasteiger partial charge in [-0.2, -0.15) is 5.26 Å². The Labute approximate surface area is 106 Å². The normalized spacial score (nSPS) is 9.95. The number of nitro groups is 1. The molecule has 0 unspecified atom stereocenters. The van der Waals surface area contributed by atoms with Crippen molar-refractivity contribution in [1.82, 2.24) is 0 Å². The molecule has 0 atom stereocenters. The molecule has 2 rings (SSSR count). The van der Waals surface area contributed by atoms with E-state index in [4.69, 9.17) is 5.26 Å². The second-order valence-electron chi connectivity index (χ2n) is 3.72. The fourth-order valence-electron chi connectivity index (χ4n) is 1.68. The maximum absolute atomic E-state index is 13.7. The molecule has 0 aliphatic heterocycles. The highest BCUT2D eigenvalue weighted by molar-refractivity contribution is 5.72. The van der Waals surface area contributed by atoms with Crippen LogP contribution < -0.4 is 0 Å². The molecule has 0 spiro atoms. The van der Waals surface area contributed by atoms with Crippen LogP contribution in [0.2, 0.25) is 0 Å². The van der Waals surface area contributed by atoms with Crippen LogP contribution in [0.25, 0.3) is 11.1 Å². The van der Waals surface area contributed by atoms with Crippen molar-refractivity contribution in [3.8, 4) is 17.2 Å². The molecule has 6 heteroatoms. The topological polar surface area (TPSA) is 66.9 Å². The van der Waals surface area contributed by atoms with E-state index in [9.17, 15) is 18.9 Å². The Hall–Kier alpha value is -2.81. The van der Waals surface area contributed by atoms with Gasteiger partial charge in [0.05, 0.1) is 16.6 Å². The van der Waals surface area contributed by atoms with Gasteiger partial charge in [0.1, 0.15) is 11.6 Å². The summed E-state index contributed by atoms with van der Waals surface area (Å²) in [6.07, 6.45) is 0. The van der Waals surface area contributed by atoms with E-state index in [1.165, 1.54) is 6.07 Å². The first-order valence-corrected chi connectivity index (χ1v) is 5.17. The zero-order valence-corrected chi connectivity index (χ0v) is 9.43. The van der Waals surface area contributed by atoms with Gasteiger partial charge in [0.25, 0.3) is 5.69 Å². The molecule has 0 saturated carbocycles. The molecule has 94 valence electrons. The lowest BCUT2D eigenvalue weighted by molar-refractivity contribution is -0.384. The molecule has 0 radical (unpaired) electrons. The van der Waals surface area contributed by atoms with E-state index in [0.717, 1.165) is 30.3 Å². The highest BCUT2D eigenvalue weighted by Gasteiger charge is 2.15. The van der Waals surface area contributed by atoms with E-state index in [1.807, 2.05) is 0 Å². The van der Waals surface area contributed by atoms with Gasteiger partial charge in [-0.05, 0) is 18.2 Å². The van der Waals surface area contributed by atoms with Crippen molar-refractivity contribution in [2.75, 3.05) is 0 Å². The monoisotopic (exact) mass is 260 g/mol. The summed E-state index contributed by atoms with van der Waals surface area (Å²) in [6.45, 7) is 0. The van der Waals surface area contributed by atoms with Crippen molar-refractivity contribution in [1.29, 1.82) is 5.26 Å². The Bertz CT molecular complexity index is 708. The standard InChI is InChI=1S/C13H6F2N2O2/c14-9-1-3-11(8(5-9)7-16)12-6-10(17(18)19)2-4-13(12)15/h1-6H. The molecule has 19 heavy (non-hydrogen) atoms. The van der Waals surface area contributed by atoms with Crippen LogP contribution in [0, 0.1) is 33.1 Å². The van der Waals surface area contributed by atoms with Gasteiger partial charge in [-0.3, -0.25) is 10.1 Å². The average Bonchev–Trinajstić information content (AvgIpc) is 2.39.